The van der Waals surface area contributed by atoms with E-state index in [-0.39, 0.29) is 0 Å². The van der Waals surface area contributed by atoms with E-state index in [0.29, 0.717) is 5.89 Å². The molecule has 3 aromatic heterocycles. The Balaban J connectivity index is 1.16. The number of fused-ring (bicyclic) bond motifs is 8. The van der Waals surface area contributed by atoms with Gasteiger partial charge in [0.2, 0.25) is 5.89 Å². The molecule has 4 nitrogen and oxygen atoms in total. The number of para-hydroxylation sites is 3. The molecule has 6 aromatic carbocycles. The predicted octanol–water partition coefficient (Wildman–Crippen LogP) is 10.9. The second-order valence-electron chi connectivity index (χ2n) is 10.7. The largest absolute Gasteiger partial charge is 0.456 e. The van der Waals surface area contributed by atoms with Crippen LogP contribution in [0.4, 0.5) is 0 Å². The van der Waals surface area contributed by atoms with Crippen molar-refractivity contribution in [1.29, 1.82) is 0 Å². The number of oxazole rings is 1. The third-order valence-electron chi connectivity index (χ3n) is 8.16. The minimum absolute atomic E-state index is 0.580. The summed E-state index contributed by atoms with van der Waals surface area (Å²) in [6, 6.07) is 45.3. The third kappa shape index (κ3) is 3.81. The van der Waals surface area contributed by atoms with Crippen LogP contribution in [0.25, 0.3) is 78.1 Å². The van der Waals surface area contributed by atoms with Gasteiger partial charge in [-0.15, -0.1) is 0 Å². The Kier molecular flexibility index (Phi) is 5.16. The minimum atomic E-state index is 0.580. The molecule has 0 spiro atoms. The van der Waals surface area contributed by atoms with Gasteiger partial charge in [-0.1, -0.05) is 97.1 Å². The number of benzene rings is 6. The average molecular weight is 554 g/mol. The second kappa shape index (κ2) is 9.33. The number of hydrogen-bond donors (Lipinski definition) is 0. The molecule has 9 rings (SSSR count). The normalized spacial score (nSPS) is 12.3. The SMILES string of the molecule is C(=C(/c1ccccc1)c1ccc(-c2nc3c(ccc4oc5ccccc5c43)o2)cc1)/c1cccc2c1oc1ccccc12. The Bertz CT molecular complexity index is 2490. The molecule has 43 heavy (non-hydrogen) atoms. The summed E-state index contributed by atoms with van der Waals surface area (Å²) in [4.78, 5) is 4.94. The van der Waals surface area contributed by atoms with Gasteiger partial charge in [0, 0.05) is 27.3 Å². The molecule has 0 aliphatic rings. The lowest BCUT2D eigenvalue weighted by Crippen LogP contribution is -1.89. The van der Waals surface area contributed by atoms with E-state index in [1.165, 1.54) is 0 Å². The van der Waals surface area contributed by atoms with Gasteiger partial charge in [0.05, 0.1) is 5.39 Å². The maximum atomic E-state index is 6.34. The van der Waals surface area contributed by atoms with Crippen molar-refractivity contribution in [3.05, 3.63) is 150 Å². The minimum Gasteiger partial charge on any atom is -0.456 e. The van der Waals surface area contributed by atoms with Crippen LogP contribution in [0.5, 0.6) is 0 Å². The van der Waals surface area contributed by atoms with Crippen LogP contribution in [0.2, 0.25) is 0 Å². The van der Waals surface area contributed by atoms with Gasteiger partial charge in [-0.25, -0.2) is 4.98 Å². The van der Waals surface area contributed by atoms with E-state index in [2.05, 4.69) is 84.9 Å². The van der Waals surface area contributed by atoms with Gasteiger partial charge in [-0.3, -0.25) is 0 Å². The number of nitrogens with zero attached hydrogens (tertiary/aromatic N) is 1. The van der Waals surface area contributed by atoms with Crippen molar-refractivity contribution >= 4 is 66.6 Å². The highest BCUT2D eigenvalue weighted by atomic mass is 16.4. The van der Waals surface area contributed by atoms with Crippen molar-refractivity contribution in [2.45, 2.75) is 0 Å². The summed E-state index contributed by atoms with van der Waals surface area (Å²) < 4.78 is 18.7. The fraction of sp³-hybridized carbons (Fsp3) is 0. The van der Waals surface area contributed by atoms with E-state index in [0.717, 1.165) is 82.8 Å². The van der Waals surface area contributed by atoms with Gasteiger partial charge in [0.25, 0.3) is 0 Å². The van der Waals surface area contributed by atoms with Crippen molar-refractivity contribution in [1.82, 2.24) is 4.98 Å². The van der Waals surface area contributed by atoms with Crippen LogP contribution in [0.15, 0.2) is 147 Å². The van der Waals surface area contributed by atoms with Gasteiger partial charge in [-0.05, 0) is 59.2 Å². The van der Waals surface area contributed by atoms with Crippen LogP contribution in [0.3, 0.4) is 0 Å². The molecule has 0 saturated heterocycles. The quantitative estimate of drug-likeness (QED) is 0.203. The highest BCUT2D eigenvalue weighted by molar-refractivity contribution is 6.16. The molecule has 202 valence electrons. The van der Waals surface area contributed by atoms with Crippen molar-refractivity contribution in [3.63, 3.8) is 0 Å². The van der Waals surface area contributed by atoms with E-state index in [1.54, 1.807) is 0 Å². The Morgan fingerprint density at radius 2 is 1.16 bits per heavy atom. The van der Waals surface area contributed by atoms with Gasteiger partial charge in [-0.2, -0.15) is 0 Å². The lowest BCUT2D eigenvalue weighted by atomic mass is 9.94. The highest BCUT2D eigenvalue weighted by Crippen LogP contribution is 2.37. The highest BCUT2D eigenvalue weighted by Gasteiger charge is 2.17. The average Bonchev–Trinajstić information content (AvgIpc) is 3.77. The zero-order chi connectivity index (χ0) is 28.3. The molecule has 0 aliphatic heterocycles. The first-order chi connectivity index (χ1) is 21.3. The molecule has 0 unspecified atom stereocenters. The number of aromatic nitrogens is 1. The van der Waals surface area contributed by atoms with Crippen molar-refractivity contribution in [2.24, 2.45) is 0 Å². The number of hydrogen-bond acceptors (Lipinski definition) is 4. The molecule has 0 fully saturated rings. The second-order valence-corrected chi connectivity index (χ2v) is 10.7. The first kappa shape index (κ1) is 23.8. The van der Waals surface area contributed by atoms with Crippen molar-refractivity contribution < 1.29 is 13.3 Å². The molecular formula is C39H23NO3. The van der Waals surface area contributed by atoms with Crippen molar-refractivity contribution in [3.8, 4) is 11.5 Å². The summed E-state index contributed by atoms with van der Waals surface area (Å²) in [5, 5.41) is 4.25. The van der Waals surface area contributed by atoms with E-state index in [1.807, 2.05) is 54.6 Å². The molecule has 0 atom stereocenters. The Labute approximate surface area is 246 Å². The smallest absolute Gasteiger partial charge is 0.227 e. The van der Waals surface area contributed by atoms with Crippen molar-refractivity contribution in [2.75, 3.05) is 0 Å². The summed E-state index contributed by atoms with van der Waals surface area (Å²) in [5.74, 6) is 0.580. The zero-order valence-corrected chi connectivity index (χ0v) is 23.0. The van der Waals surface area contributed by atoms with Gasteiger partial charge >= 0.3 is 0 Å². The molecular weight excluding hydrogens is 530 g/mol. The van der Waals surface area contributed by atoms with Crippen LogP contribution >= 0.6 is 0 Å². The summed E-state index contributed by atoms with van der Waals surface area (Å²) in [6.45, 7) is 0. The monoisotopic (exact) mass is 553 g/mol. The molecule has 0 radical (unpaired) electrons. The zero-order valence-electron chi connectivity index (χ0n) is 23.0. The fourth-order valence-electron chi connectivity index (χ4n) is 6.11. The molecule has 0 amide bonds. The van der Waals surface area contributed by atoms with E-state index in [9.17, 15) is 0 Å². The summed E-state index contributed by atoms with van der Waals surface area (Å²) in [5.41, 5.74) is 10.2. The summed E-state index contributed by atoms with van der Waals surface area (Å²) >= 11 is 0. The topological polar surface area (TPSA) is 52.3 Å². The molecule has 0 aliphatic carbocycles. The van der Waals surface area contributed by atoms with Crippen LogP contribution < -0.4 is 0 Å². The van der Waals surface area contributed by atoms with E-state index < -0.39 is 0 Å². The lowest BCUT2D eigenvalue weighted by molar-refractivity contribution is 0.619. The first-order valence-corrected chi connectivity index (χ1v) is 14.3. The Morgan fingerprint density at radius 3 is 2.00 bits per heavy atom. The third-order valence-corrected chi connectivity index (χ3v) is 8.16. The lowest BCUT2D eigenvalue weighted by Gasteiger charge is -2.10. The van der Waals surface area contributed by atoms with Crippen LogP contribution in [-0.2, 0) is 0 Å². The van der Waals surface area contributed by atoms with E-state index >= 15 is 0 Å². The summed E-state index contributed by atoms with van der Waals surface area (Å²) in [6.07, 6.45) is 2.22. The number of rotatable bonds is 4. The standard InChI is InChI=1S/C39H23NO3/c1-2-9-24(10-3-1)31(23-27-11-8-14-29-28-12-4-6-15-32(28)42-38(27)29)25-17-19-26(20-18-25)39-40-37-35(43-39)22-21-34-36(37)30-13-5-7-16-33(30)41-34/h1-23H/b31-23+. The first-order valence-electron chi connectivity index (χ1n) is 14.3. The molecule has 3 heterocycles. The summed E-state index contributed by atoms with van der Waals surface area (Å²) in [7, 11) is 0. The van der Waals surface area contributed by atoms with E-state index in [4.69, 9.17) is 18.2 Å². The van der Waals surface area contributed by atoms with Crippen LogP contribution in [0, 0.1) is 0 Å². The fourth-order valence-corrected chi connectivity index (χ4v) is 6.11. The van der Waals surface area contributed by atoms with Gasteiger partial charge in [0.1, 0.15) is 27.8 Å². The van der Waals surface area contributed by atoms with Crippen LogP contribution in [0.1, 0.15) is 16.7 Å². The predicted molar refractivity (Wildman–Crippen MR) is 174 cm³/mol. The van der Waals surface area contributed by atoms with Crippen LogP contribution in [-0.4, -0.2) is 4.98 Å². The maximum absolute atomic E-state index is 6.34. The van der Waals surface area contributed by atoms with Gasteiger partial charge < -0.3 is 13.3 Å². The molecule has 0 saturated carbocycles. The Hall–Kier alpha value is -5.87. The molecule has 9 aromatic rings. The molecule has 0 bridgehead atoms. The molecule has 0 N–H and O–H groups in total. The van der Waals surface area contributed by atoms with Gasteiger partial charge in [0.15, 0.2) is 5.58 Å². The maximum Gasteiger partial charge on any atom is 0.227 e. The molecule has 4 heteroatoms. The Morgan fingerprint density at radius 1 is 0.488 bits per heavy atom. The number of furan rings is 2.